The molecular formula is C19H35IN4O2. The maximum atomic E-state index is 5.66. The number of furan rings is 1. The quantitative estimate of drug-likeness (QED) is 0.209. The third-order valence-electron chi connectivity index (χ3n) is 4.62. The van der Waals surface area contributed by atoms with Crippen LogP contribution in [-0.4, -0.2) is 57.3 Å². The summed E-state index contributed by atoms with van der Waals surface area (Å²) in [5, 5.41) is 6.78. The van der Waals surface area contributed by atoms with E-state index in [1.807, 2.05) is 12.1 Å². The van der Waals surface area contributed by atoms with Gasteiger partial charge in [0, 0.05) is 33.4 Å². The third-order valence-corrected chi connectivity index (χ3v) is 4.62. The molecule has 0 aliphatic heterocycles. The largest absolute Gasteiger partial charge is 0.468 e. The molecule has 0 amide bonds. The molecule has 1 saturated carbocycles. The van der Waals surface area contributed by atoms with Crippen molar-refractivity contribution in [2.24, 2.45) is 10.9 Å². The predicted octanol–water partition coefficient (Wildman–Crippen LogP) is 3.26. The van der Waals surface area contributed by atoms with Crippen molar-refractivity contribution in [2.45, 2.75) is 39.2 Å². The van der Waals surface area contributed by atoms with E-state index >= 15 is 0 Å². The minimum Gasteiger partial charge on any atom is -0.468 e. The van der Waals surface area contributed by atoms with Gasteiger partial charge >= 0.3 is 0 Å². The number of ether oxygens (including phenoxy) is 1. The monoisotopic (exact) mass is 478 g/mol. The van der Waals surface area contributed by atoms with E-state index in [9.17, 15) is 0 Å². The van der Waals surface area contributed by atoms with Gasteiger partial charge in [-0.05, 0) is 50.4 Å². The first-order chi connectivity index (χ1) is 12.3. The van der Waals surface area contributed by atoms with Gasteiger partial charge in [0.05, 0.1) is 12.3 Å². The van der Waals surface area contributed by atoms with Gasteiger partial charge in [0.2, 0.25) is 0 Å². The molecular weight excluding hydrogens is 443 g/mol. The third kappa shape index (κ3) is 8.26. The van der Waals surface area contributed by atoms with Crippen molar-refractivity contribution in [3.8, 4) is 0 Å². The Kier molecular flexibility index (Phi) is 12.0. The lowest BCUT2D eigenvalue weighted by molar-refractivity contribution is 0.123. The summed E-state index contributed by atoms with van der Waals surface area (Å²) in [6, 6.07) is 4.18. The van der Waals surface area contributed by atoms with Crippen LogP contribution in [-0.2, 0) is 4.74 Å². The molecule has 6 nitrogen and oxygen atoms in total. The van der Waals surface area contributed by atoms with Crippen LogP contribution < -0.4 is 10.6 Å². The zero-order chi connectivity index (χ0) is 17.9. The number of likely N-dealkylation sites (N-methyl/N-ethyl adjacent to an activating group) is 1. The number of nitrogens with zero attached hydrogens (tertiary/aromatic N) is 2. The second kappa shape index (κ2) is 13.4. The molecule has 1 aliphatic rings. The Hall–Kier alpha value is -0.800. The fourth-order valence-electron chi connectivity index (χ4n) is 2.88. The molecule has 0 radical (unpaired) electrons. The average Bonchev–Trinajstić information content (AvgIpc) is 3.30. The molecule has 1 atom stereocenters. The van der Waals surface area contributed by atoms with E-state index in [4.69, 9.17) is 9.15 Å². The van der Waals surface area contributed by atoms with Gasteiger partial charge in [0.15, 0.2) is 5.96 Å². The molecule has 1 aromatic rings. The van der Waals surface area contributed by atoms with Gasteiger partial charge in [0.1, 0.15) is 5.76 Å². The van der Waals surface area contributed by atoms with E-state index in [-0.39, 0.29) is 30.0 Å². The molecule has 7 heteroatoms. The molecule has 1 fully saturated rings. The van der Waals surface area contributed by atoms with Gasteiger partial charge in [-0.3, -0.25) is 9.89 Å². The molecule has 1 heterocycles. The minimum atomic E-state index is 0. The normalized spacial score (nSPS) is 15.6. The van der Waals surface area contributed by atoms with E-state index in [2.05, 4.69) is 34.4 Å². The fraction of sp³-hybridized carbons (Fsp3) is 0.737. The van der Waals surface area contributed by atoms with Crippen LogP contribution in [0.4, 0.5) is 0 Å². The van der Waals surface area contributed by atoms with Crippen molar-refractivity contribution >= 4 is 29.9 Å². The van der Waals surface area contributed by atoms with E-state index in [1.165, 1.54) is 12.8 Å². The molecule has 0 spiro atoms. The summed E-state index contributed by atoms with van der Waals surface area (Å²) < 4.78 is 11.3. The molecule has 150 valence electrons. The van der Waals surface area contributed by atoms with Crippen molar-refractivity contribution in [3.63, 3.8) is 0 Å². The Morgan fingerprint density at radius 1 is 1.35 bits per heavy atom. The highest BCUT2D eigenvalue weighted by atomic mass is 127. The van der Waals surface area contributed by atoms with Crippen LogP contribution in [0, 0.1) is 5.92 Å². The predicted molar refractivity (Wildman–Crippen MR) is 117 cm³/mol. The van der Waals surface area contributed by atoms with Crippen LogP contribution in [0.5, 0.6) is 0 Å². The minimum absolute atomic E-state index is 0. The zero-order valence-corrected chi connectivity index (χ0v) is 18.7. The van der Waals surface area contributed by atoms with Crippen molar-refractivity contribution in [1.82, 2.24) is 15.5 Å². The number of guanidine groups is 1. The van der Waals surface area contributed by atoms with Gasteiger partial charge in [-0.1, -0.05) is 13.8 Å². The Labute approximate surface area is 175 Å². The van der Waals surface area contributed by atoms with Crippen LogP contribution in [0.25, 0.3) is 0 Å². The number of nitrogens with one attached hydrogen (secondary N) is 2. The van der Waals surface area contributed by atoms with Gasteiger partial charge < -0.3 is 19.8 Å². The zero-order valence-electron chi connectivity index (χ0n) is 16.4. The first-order valence-electron chi connectivity index (χ1n) is 9.58. The van der Waals surface area contributed by atoms with Gasteiger partial charge in [-0.2, -0.15) is 0 Å². The number of hydrogen-bond acceptors (Lipinski definition) is 4. The van der Waals surface area contributed by atoms with E-state index < -0.39 is 0 Å². The summed E-state index contributed by atoms with van der Waals surface area (Å²) in [5.41, 5.74) is 0. The highest BCUT2D eigenvalue weighted by molar-refractivity contribution is 14.0. The van der Waals surface area contributed by atoms with E-state index in [1.54, 1.807) is 13.3 Å². The van der Waals surface area contributed by atoms with Crippen LogP contribution in [0.2, 0.25) is 0 Å². The van der Waals surface area contributed by atoms with Crippen molar-refractivity contribution in [3.05, 3.63) is 24.2 Å². The fourth-order valence-corrected chi connectivity index (χ4v) is 2.88. The smallest absolute Gasteiger partial charge is 0.191 e. The van der Waals surface area contributed by atoms with E-state index in [0.29, 0.717) is 0 Å². The molecule has 0 saturated heterocycles. The summed E-state index contributed by atoms with van der Waals surface area (Å²) in [6.45, 7) is 9.68. The standard InChI is InChI=1S/C19H34N4O2.HI/c1-4-23(5-2)17(18-8-6-13-25-18)14-22-19(20-3)21-11-7-12-24-15-16-9-10-16;/h6,8,13,16-17H,4-5,7,9-12,14-15H2,1-3H3,(H2,20,21,22);1H. The maximum absolute atomic E-state index is 5.66. The first-order valence-corrected chi connectivity index (χ1v) is 9.58. The SMILES string of the molecule is CCN(CC)C(CNC(=NC)NCCCOCC1CC1)c1ccco1.I. The number of hydrogen-bond donors (Lipinski definition) is 2. The van der Waals surface area contributed by atoms with Crippen LogP contribution >= 0.6 is 24.0 Å². The highest BCUT2D eigenvalue weighted by Crippen LogP contribution is 2.28. The number of halogens is 1. The molecule has 0 aromatic carbocycles. The van der Waals surface area contributed by atoms with Crippen molar-refractivity contribution in [1.29, 1.82) is 0 Å². The maximum Gasteiger partial charge on any atom is 0.191 e. The second-order valence-electron chi connectivity index (χ2n) is 6.50. The Bertz CT molecular complexity index is 488. The molecule has 26 heavy (non-hydrogen) atoms. The lowest BCUT2D eigenvalue weighted by atomic mass is 10.2. The molecule has 2 N–H and O–H groups in total. The summed E-state index contributed by atoms with van der Waals surface area (Å²) in [4.78, 5) is 6.69. The Morgan fingerprint density at radius 2 is 2.12 bits per heavy atom. The van der Waals surface area contributed by atoms with Crippen LogP contribution in [0.3, 0.4) is 0 Å². The van der Waals surface area contributed by atoms with Gasteiger partial charge in [-0.25, -0.2) is 0 Å². The Morgan fingerprint density at radius 3 is 2.69 bits per heavy atom. The molecule has 1 unspecified atom stereocenters. The molecule has 1 aromatic heterocycles. The number of aliphatic imine (C=N–C) groups is 1. The van der Waals surface area contributed by atoms with Gasteiger partial charge in [0.25, 0.3) is 0 Å². The second-order valence-corrected chi connectivity index (χ2v) is 6.50. The van der Waals surface area contributed by atoms with E-state index in [0.717, 1.165) is 63.5 Å². The topological polar surface area (TPSA) is 62.0 Å². The first kappa shape index (κ1) is 23.2. The van der Waals surface area contributed by atoms with Crippen LogP contribution in [0.1, 0.15) is 44.9 Å². The average molecular weight is 478 g/mol. The summed E-state index contributed by atoms with van der Waals surface area (Å²) in [6.07, 6.45) is 5.42. The van der Waals surface area contributed by atoms with Gasteiger partial charge in [-0.15, -0.1) is 24.0 Å². The lowest BCUT2D eigenvalue weighted by Gasteiger charge is -2.28. The molecule has 2 rings (SSSR count). The highest BCUT2D eigenvalue weighted by Gasteiger charge is 2.21. The Balaban J connectivity index is 0.00000338. The summed E-state index contributed by atoms with van der Waals surface area (Å²) in [7, 11) is 1.80. The number of rotatable bonds is 12. The van der Waals surface area contributed by atoms with Crippen LogP contribution in [0.15, 0.2) is 27.8 Å². The summed E-state index contributed by atoms with van der Waals surface area (Å²) in [5.74, 6) is 2.65. The lowest BCUT2D eigenvalue weighted by Crippen LogP contribution is -2.43. The van der Waals surface area contributed by atoms with Crippen molar-refractivity contribution in [2.75, 3.05) is 46.4 Å². The molecule has 1 aliphatic carbocycles. The van der Waals surface area contributed by atoms with Crippen molar-refractivity contribution < 1.29 is 9.15 Å². The molecule has 0 bridgehead atoms. The summed E-state index contributed by atoms with van der Waals surface area (Å²) >= 11 is 0.